The first kappa shape index (κ1) is 28.0. The fraction of sp³-hybridized carbons (Fsp3) is 0.520. The van der Waals surface area contributed by atoms with Crippen molar-refractivity contribution in [1.82, 2.24) is 20.2 Å². The molecular formula is C25H28F3N5O7. The molecule has 2 aromatic heterocycles. The van der Waals surface area contributed by atoms with E-state index in [9.17, 15) is 33.3 Å². The summed E-state index contributed by atoms with van der Waals surface area (Å²) in [6.07, 6.45) is -1.90. The van der Waals surface area contributed by atoms with Crippen molar-refractivity contribution in [2.24, 2.45) is 5.73 Å². The standard InChI is InChI=1S/C25H28F3N5O7/c26-15-5-12(6-16(27)21(15)28)17-9-33(32-30-17)22-23(35)19(39-20(10-34)24(22)36)8-13-7-18(40-31-13)11-1-3-14(4-2-11)38-25(29)37/h5-7,9,11,14,19-20,22-24,34-36H,1-4,8,10H2,(H2,29,37)/t11?,14?,19-,20-,22-,23+,24+/m1/s1. The first-order valence-corrected chi connectivity index (χ1v) is 12.7. The van der Waals surface area contributed by atoms with Crippen LogP contribution in [0.3, 0.4) is 0 Å². The number of halogens is 3. The molecule has 5 atom stereocenters. The maximum atomic E-state index is 13.7. The van der Waals surface area contributed by atoms with Crippen molar-refractivity contribution in [2.45, 2.75) is 74.6 Å². The second-order valence-corrected chi connectivity index (χ2v) is 10.0. The lowest BCUT2D eigenvalue weighted by atomic mass is 9.85. The third-order valence-electron chi connectivity index (χ3n) is 7.43. The first-order chi connectivity index (χ1) is 19.1. The van der Waals surface area contributed by atoms with Gasteiger partial charge in [0.1, 0.15) is 41.9 Å². The number of amides is 1. The Morgan fingerprint density at radius 3 is 2.40 bits per heavy atom. The van der Waals surface area contributed by atoms with Crippen molar-refractivity contribution in [1.29, 1.82) is 0 Å². The van der Waals surface area contributed by atoms with E-state index >= 15 is 0 Å². The van der Waals surface area contributed by atoms with Crippen molar-refractivity contribution in [3.05, 3.63) is 53.3 Å². The number of carbonyl (C=O) groups is 1. The highest BCUT2D eigenvalue weighted by Crippen LogP contribution is 2.36. The van der Waals surface area contributed by atoms with E-state index in [0.29, 0.717) is 37.1 Å². The normalized spacial score (nSPS) is 28.9. The van der Waals surface area contributed by atoms with Gasteiger partial charge in [0.15, 0.2) is 17.5 Å². The molecule has 1 saturated carbocycles. The van der Waals surface area contributed by atoms with Gasteiger partial charge in [0.05, 0.1) is 24.6 Å². The van der Waals surface area contributed by atoms with Gasteiger partial charge in [0.25, 0.3) is 0 Å². The predicted molar refractivity (Wildman–Crippen MR) is 128 cm³/mol. The van der Waals surface area contributed by atoms with E-state index in [1.807, 2.05) is 0 Å². The lowest BCUT2D eigenvalue weighted by Crippen LogP contribution is -2.56. The fourth-order valence-corrected chi connectivity index (χ4v) is 5.37. The summed E-state index contributed by atoms with van der Waals surface area (Å²) in [5.41, 5.74) is 5.43. The summed E-state index contributed by atoms with van der Waals surface area (Å²) in [5.74, 6) is -3.75. The van der Waals surface area contributed by atoms with Crippen LogP contribution in [0.15, 0.2) is 28.9 Å². The Morgan fingerprint density at radius 2 is 1.75 bits per heavy atom. The Kier molecular flexibility index (Phi) is 8.07. The quantitative estimate of drug-likeness (QED) is 0.307. The van der Waals surface area contributed by atoms with Crippen LogP contribution >= 0.6 is 0 Å². The fourth-order valence-electron chi connectivity index (χ4n) is 5.37. The highest BCUT2D eigenvalue weighted by atomic mass is 19.2. The summed E-state index contributed by atoms with van der Waals surface area (Å²) >= 11 is 0. The van der Waals surface area contributed by atoms with Crippen LogP contribution in [-0.4, -0.2) is 78.7 Å². The molecular weight excluding hydrogens is 539 g/mol. The maximum absolute atomic E-state index is 13.7. The van der Waals surface area contributed by atoms with E-state index in [2.05, 4.69) is 15.5 Å². The van der Waals surface area contributed by atoms with E-state index in [4.69, 9.17) is 19.7 Å². The zero-order valence-corrected chi connectivity index (χ0v) is 21.1. The van der Waals surface area contributed by atoms with Crippen LogP contribution in [-0.2, 0) is 15.9 Å². The lowest BCUT2D eigenvalue weighted by molar-refractivity contribution is -0.205. The average molecular weight is 568 g/mol. The third kappa shape index (κ3) is 5.68. The second-order valence-electron chi connectivity index (χ2n) is 10.0. The van der Waals surface area contributed by atoms with E-state index in [1.54, 1.807) is 6.07 Å². The van der Waals surface area contributed by atoms with Crippen molar-refractivity contribution >= 4 is 6.09 Å². The summed E-state index contributed by atoms with van der Waals surface area (Å²) in [6.45, 7) is -0.572. The molecule has 1 saturated heterocycles. The summed E-state index contributed by atoms with van der Waals surface area (Å²) in [4.78, 5) is 11.0. The largest absolute Gasteiger partial charge is 0.446 e. The number of aliphatic hydroxyl groups is 3. The Bertz CT molecular complexity index is 1320. The molecule has 12 nitrogen and oxygen atoms in total. The summed E-state index contributed by atoms with van der Waals surface area (Å²) < 4.78 is 58.3. The van der Waals surface area contributed by atoms with Gasteiger partial charge in [0, 0.05) is 24.0 Å². The number of aliphatic hydroxyl groups excluding tert-OH is 3. The van der Waals surface area contributed by atoms with Crippen LogP contribution in [0.4, 0.5) is 18.0 Å². The Hall–Kier alpha value is -3.53. The molecule has 0 radical (unpaired) electrons. The van der Waals surface area contributed by atoms with Crippen molar-refractivity contribution < 1.29 is 47.3 Å². The topological polar surface area (TPSA) is 179 Å². The molecule has 0 bridgehead atoms. The van der Waals surface area contributed by atoms with Crippen molar-refractivity contribution in [3.8, 4) is 11.3 Å². The molecule has 15 heteroatoms. The van der Waals surface area contributed by atoms with Crippen LogP contribution < -0.4 is 5.73 Å². The van der Waals surface area contributed by atoms with Crippen LogP contribution in [0, 0.1) is 17.5 Å². The molecule has 1 aromatic carbocycles. The molecule has 0 spiro atoms. The zero-order valence-electron chi connectivity index (χ0n) is 21.1. The van der Waals surface area contributed by atoms with Gasteiger partial charge < -0.3 is 35.1 Å². The smallest absolute Gasteiger partial charge is 0.404 e. The third-order valence-corrected chi connectivity index (χ3v) is 7.43. The molecule has 1 amide bonds. The van der Waals surface area contributed by atoms with E-state index in [0.717, 1.165) is 16.8 Å². The summed E-state index contributed by atoms with van der Waals surface area (Å²) in [7, 11) is 0. The van der Waals surface area contributed by atoms with E-state index < -0.39 is 60.6 Å². The van der Waals surface area contributed by atoms with Crippen molar-refractivity contribution in [2.75, 3.05) is 6.61 Å². The van der Waals surface area contributed by atoms with Gasteiger partial charge in [-0.2, -0.15) is 0 Å². The monoisotopic (exact) mass is 567 g/mol. The van der Waals surface area contributed by atoms with Gasteiger partial charge in [-0.1, -0.05) is 10.4 Å². The van der Waals surface area contributed by atoms with Gasteiger partial charge in [0.2, 0.25) is 0 Å². The summed E-state index contributed by atoms with van der Waals surface area (Å²) in [6, 6.07) is 2.10. The number of ether oxygens (including phenoxy) is 2. The van der Waals surface area contributed by atoms with Crippen LogP contribution in [0.1, 0.15) is 49.1 Å². The van der Waals surface area contributed by atoms with Gasteiger partial charge in [-0.15, -0.1) is 5.10 Å². The molecule has 2 fully saturated rings. The number of benzene rings is 1. The number of primary amides is 1. The number of hydrogen-bond donors (Lipinski definition) is 4. The van der Waals surface area contributed by atoms with Gasteiger partial charge >= 0.3 is 6.09 Å². The minimum atomic E-state index is -1.62. The molecule has 2 aliphatic rings. The van der Waals surface area contributed by atoms with Crippen LogP contribution in [0.5, 0.6) is 0 Å². The molecule has 0 unspecified atom stereocenters. The highest BCUT2D eigenvalue weighted by molar-refractivity contribution is 5.64. The lowest BCUT2D eigenvalue weighted by Gasteiger charge is -2.42. The van der Waals surface area contributed by atoms with E-state index in [-0.39, 0.29) is 29.7 Å². The predicted octanol–water partition coefficient (Wildman–Crippen LogP) is 1.74. The number of nitrogens with zero attached hydrogens (tertiary/aromatic N) is 4. The van der Waals surface area contributed by atoms with Crippen molar-refractivity contribution in [3.63, 3.8) is 0 Å². The minimum Gasteiger partial charge on any atom is -0.446 e. The number of aromatic nitrogens is 4. The van der Waals surface area contributed by atoms with Gasteiger partial charge in [-0.3, -0.25) is 0 Å². The highest BCUT2D eigenvalue weighted by Gasteiger charge is 2.46. The molecule has 1 aliphatic heterocycles. The molecule has 216 valence electrons. The van der Waals surface area contributed by atoms with Crippen LogP contribution in [0.25, 0.3) is 11.3 Å². The number of carbonyl (C=O) groups excluding carboxylic acids is 1. The van der Waals surface area contributed by atoms with E-state index in [1.165, 1.54) is 6.20 Å². The summed E-state index contributed by atoms with van der Waals surface area (Å²) in [5, 5.41) is 43.6. The molecule has 1 aliphatic carbocycles. The van der Waals surface area contributed by atoms with Crippen LogP contribution in [0.2, 0.25) is 0 Å². The van der Waals surface area contributed by atoms with Gasteiger partial charge in [-0.05, 0) is 37.8 Å². The molecule has 5 rings (SSSR count). The number of rotatable bonds is 7. The Morgan fingerprint density at radius 1 is 1.07 bits per heavy atom. The Labute approximate surface area is 225 Å². The average Bonchev–Trinajstić information content (AvgIpc) is 3.59. The SMILES string of the molecule is NC(=O)OC1CCC(c2cc(C[C@H]3O[C@H](CO)[C@H](O)[C@H](n4cc(-c5cc(F)c(F)c(F)c5)nn4)[C@H]3O)no2)CC1. The first-order valence-electron chi connectivity index (χ1n) is 12.7. The molecule has 40 heavy (non-hydrogen) atoms. The number of hydrogen-bond acceptors (Lipinski definition) is 10. The molecule has 5 N–H and O–H groups in total. The minimum absolute atomic E-state index is 0.0297. The Balaban J connectivity index is 1.30. The van der Waals surface area contributed by atoms with Gasteiger partial charge in [-0.25, -0.2) is 22.6 Å². The number of nitrogens with two attached hydrogens (primary N) is 1. The second kappa shape index (κ2) is 11.5. The molecule has 3 aromatic rings. The maximum Gasteiger partial charge on any atom is 0.404 e. The molecule has 3 heterocycles. The zero-order chi connectivity index (χ0) is 28.6.